The van der Waals surface area contributed by atoms with Gasteiger partial charge in [0.05, 0.1) is 16.9 Å². The lowest BCUT2D eigenvalue weighted by Gasteiger charge is -2.36. The highest BCUT2D eigenvalue weighted by Crippen LogP contribution is 2.37. The van der Waals surface area contributed by atoms with Gasteiger partial charge in [-0.05, 0) is 63.5 Å². The summed E-state index contributed by atoms with van der Waals surface area (Å²) in [5.41, 5.74) is 5.88. The minimum Gasteiger partial charge on any atom is -0.362 e. The number of primary amides is 1. The van der Waals surface area contributed by atoms with Crippen LogP contribution in [0.4, 0.5) is 39.8 Å². The summed E-state index contributed by atoms with van der Waals surface area (Å²) in [4.78, 5) is 24.6. The van der Waals surface area contributed by atoms with Crippen LogP contribution in [0.15, 0.2) is 18.2 Å². The van der Waals surface area contributed by atoms with Crippen LogP contribution < -0.4 is 20.9 Å². The van der Waals surface area contributed by atoms with Crippen LogP contribution in [0.1, 0.15) is 55.3 Å². The van der Waals surface area contributed by atoms with E-state index in [9.17, 15) is 22.4 Å². The minimum atomic E-state index is -4.87. The lowest BCUT2D eigenvalue weighted by Crippen LogP contribution is -2.47. The number of alkyl halides is 3. The van der Waals surface area contributed by atoms with Gasteiger partial charge < -0.3 is 16.0 Å². The van der Waals surface area contributed by atoms with E-state index in [0.717, 1.165) is 54.2 Å². The first-order valence-corrected chi connectivity index (χ1v) is 11.8. The zero-order valence-corrected chi connectivity index (χ0v) is 19.8. The van der Waals surface area contributed by atoms with Crippen LogP contribution >= 0.6 is 0 Å². The molecule has 1 fully saturated rings. The highest BCUT2D eigenvalue weighted by molar-refractivity contribution is 5.91. The molecule has 1 saturated carbocycles. The molecule has 2 aliphatic rings. The molecule has 11 heteroatoms. The standard InChI is InChI=1S/C24H30F4N6O/c1-33(2)21-16-6-3-4-8-18(16)31-23(32-21)30-14-10-12-15(13-11-14)34(22(29)35)19-9-5-7-17(20(19)25)24(26,27)28/h5,7,9,14-15H,3-4,6,8,10-13H2,1-2H3,(H2,29,35)(H,30,31,32). The second-order valence-electron chi connectivity index (χ2n) is 9.39. The topological polar surface area (TPSA) is 87.4 Å². The highest BCUT2D eigenvalue weighted by atomic mass is 19.4. The summed E-state index contributed by atoms with van der Waals surface area (Å²) in [6.07, 6.45) is 1.32. The zero-order valence-electron chi connectivity index (χ0n) is 19.8. The van der Waals surface area contributed by atoms with Crippen LogP contribution in [0.5, 0.6) is 0 Å². The van der Waals surface area contributed by atoms with E-state index in [1.807, 2.05) is 19.0 Å². The van der Waals surface area contributed by atoms with Crippen molar-refractivity contribution in [2.45, 2.75) is 69.6 Å². The van der Waals surface area contributed by atoms with Crippen LogP contribution in [-0.2, 0) is 19.0 Å². The minimum absolute atomic E-state index is 0.0176. The van der Waals surface area contributed by atoms with E-state index >= 15 is 0 Å². The normalized spacial score (nSPS) is 20.2. The molecule has 2 amide bonds. The van der Waals surface area contributed by atoms with Crippen molar-refractivity contribution >= 4 is 23.5 Å². The van der Waals surface area contributed by atoms with Gasteiger partial charge in [0.25, 0.3) is 0 Å². The first-order valence-electron chi connectivity index (χ1n) is 11.8. The SMILES string of the molecule is CN(C)c1nc(NC2CCC(N(C(N)=O)c3cccc(C(F)(F)F)c3F)CC2)nc2c1CCCC2. The van der Waals surface area contributed by atoms with Crippen LogP contribution in [-0.4, -0.2) is 42.2 Å². The molecule has 2 aromatic rings. The van der Waals surface area contributed by atoms with E-state index in [1.165, 1.54) is 5.56 Å². The summed E-state index contributed by atoms with van der Waals surface area (Å²) < 4.78 is 54.3. The molecule has 4 rings (SSSR count). The number of carbonyl (C=O) groups excluding carboxylic acids is 1. The molecule has 0 radical (unpaired) electrons. The number of hydrogen-bond donors (Lipinski definition) is 2. The van der Waals surface area contributed by atoms with Crippen LogP contribution in [0.3, 0.4) is 0 Å². The third-order valence-corrected chi connectivity index (χ3v) is 6.76. The van der Waals surface area contributed by atoms with Gasteiger partial charge in [-0.25, -0.2) is 14.2 Å². The Kier molecular flexibility index (Phi) is 7.05. The van der Waals surface area contributed by atoms with E-state index < -0.39 is 35.3 Å². The lowest BCUT2D eigenvalue weighted by molar-refractivity contribution is -0.139. The third kappa shape index (κ3) is 5.28. The number of nitrogens with zero attached hydrogens (tertiary/aromatic N) is 4. The molecule has 2 aliphatic carbocycles. The molecule has 0 saturated heterocycles. The molecule has 0 unspecified atom stereocenters. The molecule has 0 bridgehead atoms. The van der Waals surface area contributed by atoms with Gasteiger partial charge in [0.2, 0.25) is 5.95 Å². The van der Waals surface area contributed by atoms with E-state index in [1.54, 1.807) is 0 Å². The Morgan fingerprint density at radius 3 is 2.40 bits per heavy atom. The summed E-state index contributed by atoms with van der Waals surface area (Å²) in [6.45, 7) is 0. The lowest BCUT2D eigenvalue weighted by atomic mass is 9.89. The molecule has 1 heterocycles. The van der Waals surface area contributed by atoms with Crippen LogP contribution in [0.2, 0.25) is 0 Å². The zero-order chi connectivity index (χ0) is 25.3. The third-order valence-electron chi connectivity index (χ3n) is 6.76. The number of anilines is 3. The number of rotatable bonds is 5. The largest absolute Gasteiger partial charge is 0.419 e. The number of carbonyl (C=O) groups is 1. The molecule has 35 heavy (non-hydrogen) atoms. The molecule has 0 aliphatic heterocycles. The van der Waals surface area contributed by atoms with Crippen molar-refractivity contribution in [2.24, 2.45) is 5.73 Å². The number of hydrogen-bond acceptors (Lipinski definition) is 5. The second kappa shape index (κ2) is 9.87. The van der Waals surface area contributed by atoms with Crippen molar-refractivity contribution in [1.82, 2.24) is 9.97 Å². The Balaban J connectivity index is 1.49. The maximum atomic E-state index is 14.7. The maximum absolute atomic E-state index is 14.7. The Hall–Kier alpha value is -3.11. The number of halogens is 4. The summed E-state index contributed by atoms with van der Waals surface area (Å²) in [7, 11) is 3.91. The highest BCUT2D eigenvalue weighted by Gasteiger charge is 2.38. The van der Waals surface area contributed by atoms with Crippen molar-refractivity contribution in [1.29, 1.82) is 0 Å². The van der Waals surface area contributed by atoms with Crippen molar-refractivity contribution in [3.63, 3.8) is 0 Å². The fraction of sp³-hybridized carbons (Fsp3) is 0.542. The number of fused-ring (bicyclic) bond motifs is 1. The summed E-state index contributed by atoms with van der Waals surface area (Å²) >= 11 is 0. The van der Waals surface area contributed by atoms with Gasteiger partial charge in [-0.2, -0.15) is 18.2 Å². The van der Waals surface area contributed by atoms with Gasteiger partial charge in [-0.3, -0.25) is 4.90 Å². The summed E-state index contributed by atoms with van der Waals surface area (Å²) in [5, 5.41) is 3.39. The average molecular weight is 495 g/mol. The number of amides is 2. The fourth-order valence-corrected chi connectivity index (χ4v) is 5.09. The van der Waals surface area contributed by atoms with Crippen molar-refractivity contribution in [2.75, 3.05) is 29.2 Å². The van der Waals surface area contributed by atoms with Gasteiger partial charge in [0.15, 0.2) is 5.82 Å². The summed E-state index contributed by atoms with van der Waals surface area (Å²) in [5.74, 6) is -0.0305. The van der Waals surface area contributed by atoms with Gasteiger partial charge in [0, 0.05) is 31.7 Å². The Morgan fingerprint density at radius 1 is 1.09 bits per heavy atom. The van der Waals surface area contributed by atoms with E-state index in [4.69, 9.17) is 15.7 Å². The number of benzene rings is 1. The molecular weight excluding hydrogens is 464 g/mol. The van der Waals surface area contributed by atoms with Crippen molar-refractivity contribution in [3.05, 3.63) is 40.8 Å². The van der Waals surface area contributed by atoms with E-state index in [0.29, 0.717) is 37.7 Å². The molecule has 1 aromatic carbocycles. The Morgan fingerprint density at radius 2 is 1.77 bits per heavy atom. The van der Waals surface area contributed by atoms with Crippen molar-refractivity contribution in [3.8, 4) is 0 Å². The molecule has 0 spiro atoms. The maximum Gasteiger partial charge on any atom is 0.419 e. The first-order chi connectivity index (χ1) is 16.6. The van der Waals surface area contributed by atoms with Crippen LogP contribution in [0, 0.1) is 5.82 Å². The van der Waals surface area contributed by atoms with Crippen molar-refractivity contribution < 1.29 is 22.4 Å². The van der Waals surface area contributed by atoms with Gasteiger partial charge in [-0.1, -0.05) is 6.07 Å². The number of aromatic nitrogens is 2. The molecule has 3 N–H and O–H groups in total. The Bertz CT molecular complexity index is 1080. The Labute approximate surface area is 201 Å². The first kappa shape index (κ1) is 25.0. The predicted molar refractivity (Wildman–Crippen MR) is 126 cm³/mol. The number of nitrogens with two attached hydrogens (primary N) is 1. The predicted octanol–water partition coefficient (Wildman–Crippen LogP) is 4.89. The van der Waals surface area contributed by atoms with Gasteiger partial charge in [0.1, 0.15) is 5.82 Å². The second-order valence-corrected chi connectivity index (χ2v) is 9.39. The van der Waals surface area contributed by atoms with Crippen LogP contribution in [0.25, 0.3) is 0 Å². The van der Waals surface area contributed by atoms with Gasteiger partial charge >= 0.3 is 12.2 Å². The smallest absolute Gasteiger partial charge is 0.362 e. The molecule has 0 atom stereocenters. The summed E-state index contributed by atoms with van der Waals surface area (Å²) in [6, 6.07) is 1.42. The average Bonchev–Trinajstić information content (AvgIpc) is 2.80. The molecule has 1 aromatic heterocycles. The quantitative estimate of drug-likeness (QED) is 0.578. The fourth-order valence-electron chi connectivity index (χ4n) is 5.09. The van der Waals surface area contributed by atoms with E-state index in [2.05, 4.69) is 5.32 Å². The van der Waals surface area contributed by atoms with Gasteiger partial charge in [-0.15, -0.1) is 0 Å². The molecule has 7 nitrogen and oxygen atoms in total. The number of urea groups is 1. The number of aryl methyl sites for hydroxylation is 1. The molecular formula is C24H30F4N6O. The van der Waals surface area contributed by atoms with E-state index in [-0.39, 0.29) is 6.04 Å². The molecule has 190 valence electrons. The number of nitrogens with one attached hydrogen (secondary N) is 1. The monoisotopic (exact) mass is 494 g/mol.